The molecule has 1 fully saturated rings. The van der Waals surface area contributed by atoms with Crippen molar-refractivity contribution >= 4 is 5.95 Å². The second-order valence-corrected chi connectivity index (χ2v) is 5.94. The lowest BCUT2D eigenvalue weighted by Gasteiger charge is -2.27. The minimum absolute atomic E-state index is 0.124. The molecule has 0 radical (unpaired) electrons. The molecule has 1 aliphatic rings. The van der Waals surface area contributed by atoms with E-state index in [0.717, 1.165) is 24.2 Å². The summed E-state index contributed by atoms with van der Waals surface area (Å²) in [6.07, 6.45) is 0. The van der Waals surface area contributed by atoms with Gasteiger partial charge in [-0.05, 0) is 5.56 Å². The van der Waals surface area contributed by atoms with E-state index in [1.165, 1.54) is 0 Å². The Morgan fingerprint density at radius 1 is 0.880 bits per heavy atom. The summed E-state index contributed by atoms with van der Waals surface area (Å²) in [6.45, 7) is 2.74. The quantitative estimate of drug-likeness (QED) is 0.801. The van der Waals surface area contributed by atoms with Gasteiger partial charge in [0.15, 0.2) is 0 Å². The number of anilines is 1. The third kappa shape index (κ3) is 3.19. The molecular formula is C20H19N3O2. The van der Waals surface area contributed by atoms with Gasteiger partial charge in [-0.3, -0.25) is 9.78 Å². The minimum atomic E-state index is -0.124. The number of benzene rings is 2. The van der Waals surface area contributed by atoms with Gasteiger partial charge in [-0.25, -0.2) is 4.98 Å². The van der Waals surface area contributed by atoms with Crippen molar-refractivity contribution in [1.82, 2.24) is 9.97 Å². The van der Waals surface area contributed by atoms with Crippen LogP contribution in [-0.2, 0) is 4.74 Å². The van der Waals surface area contributed by atoms with Crippen molar-refractivity contribution in [2.75, 3.05) is 31.2 Å². The van der Waals surface area contributed by atoms with Crippen LogP contribution >= 0.6 is 0 Å². The predicted octanol–water partition coefficient (Wildman–Crippen LogP) is 2.94. The van der Waals surface area contributed by atoms with Crippen molar-refractivity contribution in [2.45, 2.75) is 0 Å². The first kappa shape index (κ1) is 15.6. The maximum absolute atomic E-state index is 12.9. The molecule has 0 unspecified atom stereocenters. The van der Waals surface area contributed by atoms with Crippen LogP contribution in [0.15, 0.2) is 65.5 Å². The SMILES string of the molecule is O=c1[nH]c(N2CCOCC2)nc(-c2ccccc2)c1-c1ccccc1. The average Bonchev–Trinajstić information content (AvgIpc) is 2.69. The highest BCUT2D eigenvalue weighted by molar-refractivity contribution is 5.80. The second kappa shape index (κ2) is 6.91. The summed E-state index contributed by atoms with van der Waals surface area (Å²) >= 11 is 0. The van der Waals surface area contributed by atoms with Crippen LogP contribution in [0.3, 0.4) is 0 Å². The van der Waals surface area contributed by atoms with E-state index in [1.54, 1.807) is 0 Å². The number of nitrogens with one attached hydrogen (secondary N) is 1. The van der Waals surface area contributed by atoms with Gasteiger partial charge in [0.05, 0.1) is 24.5 Å². The second-order valence-electron chi connectivity index (χ2n) is 5.94. The van der Waals surface area contributed by atoms with Crippen LogP contribution in [0.5, 0.6) is 0 Å². The normalized spacial score (nSPS) is 14.5. The molecule has 5 heteroatoms. The third-order valence-electron chi connectivity index (χ3n) is 4.33. The zero-order chi connectivity index (χ0) is 17.1. The van der Waals surface area contributed by atoms with Crippen molar-refractivity contribution < 1.29 is 4.74 Å². The highest BCUT2D eigenvalue weighted by atomic mass is 16.5. The number of ether oxygens (including phenoxy) is 1. The Kier molecular flexibility index (Phi) is 4.31. The molecule has 5 nitrogen and oxygen atoms in total. The Balaban J connectivity index is 1.90. The number of morpholine rings is 1. The summed E-state index contributed by atoms with van der Waals surface area (Å²) in [6, 6.07) is 19.5. The Bertz CT molecular complexity index is 901. The van der Waals surface area contributed by atoms with Crippen LogP contribution in [0.25, 0.3) is 22.4 Å². The molecule has 0 spiro atoms. The highest BCUT2D eigenvalue weighted by Crippen LogP contribution is 2.28. The Morgan fingerprint density at radius 3 is 2.12 bits per heavy atom. The summed E-state index contributed by atoms with van der Waals surface area (Å²) in [5.74, 6) is 0.604. The average molecular weight is 333 g/mol. The minimum Gasteiger partial charge on any atom is -0.378 e. The first-order valence-corrected chi connectivity index (χ1v) is 8.41. The number of aromatic amines is 1. The molecule has 0 amide bonds. The molecule has 126 valence electrons. The number of hydrogen-bond donors (Lipinski definition) is 1. The fourth-order valence-electron chi connectivity index (χ4n) is 3.06. The molecule has 1 aromatic heterocycles. The first-order chi connectivity index (χ1) is 12.3. The van der Waals surface area contributed by atoms with E-state index in [1.807, 2.05) is 60.7 Å². The molecule has 25 heavy (non-hydrogen) atoms. The van der Waals surface area contributed by atoms with Crippen molar-refractivity contribution in [1.29, 1.82) is 0 Å². The molecule has 3 aromatic rings. The fraction of sp³-hybridized carbons (Fsp3) is 0.200. The summed E-state index contributed by atoms with van der Waals surface area (Å²) in [4.78, 5) is 22.8. The predicted molar refractivity (Wildman–Crippen MR) is 98.8 cm³/mol. The largest absolute Gasteiger partial charge is 0.378 e. The van der Waals surface area contributed by atoms with Gasteiger partial charge in [-0.1, -0.05) is 60.7 Å². The zero-order valence-electron chi connectivity index (χ0n) is 13.8. The van der Waals surface area contributed by atoms with E-state index >= 15 is 0 Å². The van der Waals surface area contributed by atoms with Gasteiger partial charge in [0.1, 0.15) is 0 Å². The summed E-state index contributed by atoms with van der Waals surface area (Å²) in [7, 11) is 0. The van der Waals surface area contributed by atoms with Crippen LogP contribution in [0.2, 0.25) is 0 Å². The topological polar surface area (TPSA) is 58.2 Å². The van der Waals surface area contributed by atoms with Gasteiger partial charge in [0.25, 0.3) is 5.56 Å². The first-order valence-electron chi connectivity index (χ1n) is 8.41. The monoisotopic (exact) mass is 333 g/mol. The van der Waals surface area contributed by atoms with Crippen LogP contribution < -0.4 is 10.5 Å². The lowest BCUT2D eigenvalue weighted by molar-refractivity contribution is 0.122. The summed E-state index contributed by atoms with van der Waals surface area (Å²) < 4.78 is 5.40. The van der Waals surface area contributed by atoms with Crippen LogP contribution in [0, 0.1) is 0 Å². The maximum Gasteiger partial charge on any atom is 0.260 e. The van der Waals surface area contributed by atoms with Crippen molar-refractivity contribution in [3.8, 4) is 22.4 Å². The number of aromatic nitrogens is 2. The summed E-state index contributed by atoms with van der Waals surface area (Å²) in [5, 5.41) is 0. The van der Waals surface area contributed by atoms with E-state index < -0.39 is 0 Å². The van der Waals surface area contributed by atoms with Gasteiger partial charge in [-0.2, -0.15) is 0 Å². The molecule has 1 N–H and O–H groups in total. The number of hydrogen-bond acceptors (Lipinski definition) is 4. The van der Waals surface area contributed by atoms with E-state index in [2.05, 4.69) is 9.88 Å². The standard InChI is InChI=1S/C20H19N3O2/c24-19-17(15-7-3-1-4-8-15)18(16-9-5-2-6-10-16)21-20(22-19)23-11-13-25-14-12-23/h1-10H,11-14H2,(H,21,22,24). The van der Waals surface area contributed by atoms with E-state index in [-0.39, 0.29) is 5.56 Å². The van der Waals surface area contributed by atoms with Gasteiger partial charge in [0.2, 0.25) is 5.95 Å². The van der Waals surface area contributed by atoms with E-state index in [9.17, 15) is 4.79 Å². The fourth-order valence-corrected chi connectivity index (χ4v) is 3.06. The Hall–Kier alpha value is -2.92. The Morgan fingerprint density at radius 2 is 1.48 bits per heavy atom. The molecule has 2 aromatic carbocycles. The molecule has 4 rings (SSSR count). The number of rotatable bonds is 3. The van der Waals surface area contributed by atoms with Crippen molar-refractivity contribution in [2.24, 2.45) is 0 Å². The van der Waals surface area contributed by atoms with E-state index in [4.69, 9.17) is 9.72 Å². The third-order valence-corrected chi connectivity index (χ3v) is 4.33. The van der Waals surface area contributed by atoms with Crippen LogP contribution in [0.1, 0.15) is 0 Å². The number of nitrogens with zero attached hydrogens (tertiary/aromatic N) is 2. The van der Waals surface area contributed by atoms with Gasteiger partial charge < -0.3 is 9.64 Å². The zero-order valence-corrected chi connectivity index (χ0v) is 13.8. The van der Waals surface area contributed by atoms with Crippen LogP contribution in [0.4, 0.5) is 5.95 Å². The van der Waals surface area contributed by atoms with E-state index in [0.29, 0.717) is 30.4 Å². The molecule has 2 heterocycles. The molecule has 1 aliphatic heterocycles. The molecule has 0 atom stereocenters. The van der Waals surface area contributed by atoms with Crippen molar-refractivity contribution in [3.63, 3.8) is 0 Å². The molecule has 0 saturated carbocycles. The summed E-state index contributed by atoms with van der Waals surface area (Å²) in [5.41, 5.74) is 2.98. The number of H-pyrrole nitrogens is 1. The van der Waals surface area contributed by atoms with Gasteiger partial charge >= 0.3 is 0 Å². The van der Waals surface area contributed by atoms with Crippen LogP contribution in [-0.4, -0.2) is 36.3 Å². The lowest BCUT2D eigenvalue weighted by atomic mass is 10.0. The van der Waals surface area contributed by atoms with Gasteiger partial charge in [-0.15, -0.1) is 0 Å². The smallest absolute Gasteiger partial charge is 0.260 e. The Labute approximate surface area is 145 Å². The molecule has 0 bridgehead atoms. The highest BCUT2D eigenvalue weighted by Gasteiger charge is 2.19. The lowest BCUT2D eigenvalue weighted by Crippen LogP contribution is -2.38. The van der Waals surface area contributed by atoms with Gasteiger partial charge in [0, 0.05) is 18.7 Å². The molecule has 0 aliphatic carbocycles. The van der Waals surface area contributed by atoms with Crippen molar-refractivity contribution in [3.05, 3.63) is 71.0 Å². The maximum atomic E-state index is 12.9. The molecular weight excluding hydrogens is 314 g/mol. The molecule has 1 saturated heterocycles.